The number of nitrogens with zero attached hydrogens (tertiary/aromatic N) is 1. The minimum absolute atomic E-state index is 0.159. The maximum absolute atomic E-state index is 6.24. The van der Waals surface area contributed by atoms with Gasteiger partial charge in [0.1, 0.15) is 0 Å². The first-order valence-corrected chi connectivity index (χ1v) is 7.13. The van der Waals surface area contributed by atoms with Gasteiger partial charge in [-0.25, -0.2) is 0 Å². The molecule has 1 aliphatic heterocycles. The molecule has 0 aromatic heterocycles. The van der Waals surface area contributed by atoms with Gasteiger partial charge in [0, 0.05) is 24.8 Å². The summed E-state index contributed by atoms with van der Waals surface area (Å²) in [7, 11) is 0. The molecule has 2 rings (SSSR count). The molecule has 1 atom stereocenters. The van der Waals surface area contributed by atoms with E-state index in [0.29, 0.717) is 5.41 Å². The van der Waals surface area contributed by atoms with Crippen LogP contribution >= 0.6 is 0 Å². The van der Waals surface area contributed by atoms with Crippen LogP contribution in [0.3, 0.4) is 0 Å². The lowest BCUT2D eigenvalue weighted by Gasteiger charge is -2.40. The van der Waals surface area contributed by atoms with Gasteiger partial charge in [-0.15, -0.1) is 0 Å². The van der Waals surface area contributed by atoms with Gasteiger partial charge < -0.3 is 10.6 Å². The van der Waals surface area contributed by atoms with Crippen LogP contribution in [-0.4, -0.2) is 13.1 Å². The monoisotopic (exact) mass is 246 g/mol. The Labute approximate surface area is 111 Å². The maximum Gasteiger partial charge on any atom is 0.0414 e. The molecule has 100 valence electrons. The molecule has 2 nitrogen and oxygen atoms in total. The van der Waals surface area contributed by atoms with Gasteiger partial charge >= 0.3 is 0 Å². The fourth-order valence-corrected chi connectivity index (χ4v) is 2.94. The first-order chi connectivity index (χ1) is 8.53. The molecule has 0 radical (unpaired) electrons. The van der Waals surface area contributed by atoms with Gasteiger partial charge in [0.15, 0.2) is 0 Å². The van der Waals surface area contributed by atoms with Gasteiger partial charge in [0.2, 0.25) is 0 Å². The summed E-state index contributed by atoms with van der Waals surface area (Å²) >= 11 is 0. The molecule has 0 spiro atoms. The van der Waals surface area contributed by atoms with Crippen LogP contribution in [-0.2, 0) is 0 Å². The molecule has 1 heterocycles. The number of hydrogen-bond donors (Lipinski definition) is 1. The average molecular weight is 246 g/mol. The Bertz CT molecular complexity index is 398. The molecule has 1 aromatic carbocycles. The summed E-state index contributed by atoms with van der Waals surface area (Å²) < 4.78 is 0. The molecule has 1 unspecified atom stereocenters. The van der Waals surface area contributed by atoms with Crippen molar-refractivity contribution in [2.75, 3.05) is 18.0 Å². The lowest BCUT2D eigenvalue weighted by molar-refractivity contribution is 0.292. The van der Waals surface area contributed by atoms with Crippen LogP contribution < -0.4 is 10.6 Å². The van der Waals surface area contributed by atoms with E-state index in [0.717, 1.165) is 19.5 Å². The van der Waals surface area contributed by atoms with Gasteiger partial charge in [-0.1, -0.05) is 39.0 Å². The first kappa shape index (κ1) is 13.4. The third-order valence-corrected chi connectivity index (χ3v) is 4.02. The van der Waals surface area contributed by atoms with Crippen LogP contribution in [0.2, 0.25) is 0 Å². The molecular formula is C16H26N2. The summed E-state index contributed by atoms with van der Waals surface area (Å²) in [4.78, 5) is 2.52. The summed E-state index contributed by atoms with van der Waals surface area (Å²) in [6.45, 7) is 9.18. The van der Waals surface area contributed by atoms with Crippen molar-refractivity contribution in [2.45, 2.75) is 46.1 Å². The van der Waals surface area contributed by atoms with Crippen LogP contribution in [0.4, 0.5) is 5.69 Å². The zero-order valence-electron chi connectivity index (χ0n) is 11.9. The number of benzene rings is 1. The molecule has 1 aromatic rings. The van der Waals surface area contributed by atoms with E-state index in [9.17, 15) is 0 Å². The molecule has 0 amide bonds. The third kappa shape index (κ3) is 2.86. The number of anilines is 1. The van der Waals surface area contributed by atoms with Crippen molar-refractivity contribution in [3.05, 3.63) is 29.8 Å². The maximum atomic E-state index is 6.24. The summed E-state index contributed by atoms with van der Waals surface area (Å²) in [5.74, 6) is 0. The Kier molecular flexibility index (Phi) is 3.96. The van der Waals surface area contributed by atoms with Gasteiger partial charge in [-0.3, -0.25) is 0 Å². The predicted octanol–water partition coefficient (Wildman–Crippen LogP) is 3.72. The Morgan fingerprint density at radius 1 is 1.33 bits per heavy atom. The van der Waals surface area contributed by atoms with Crippen LogP contribution in [0.15, 0.2) is 24.3 Å². The number of nitrogens with two attached hydrogens (primary N) is 1. The highest BCUT2D eigenvalue weighted by molar-refractivity contribution is 5.55. The second-order valence-corrected chi connectivity index (χ2v) is 6.26. The van der Waals surface area contributed by atoms with Gasteiger partial charge in [-0.2, -0.15) is 0 Å². The van der Waals surface area contributed by atoms with Crippen LogP contribution in [0.5, 0.6) is 0 Å². The quantitative estimate of drug-likeness (QED) is 0.880. The van der Waals surface area contributed by atoms with E-state index in [1.54, 1.807) is 0 Å². The minimum atomic E-state index is 0.159. The van der Waals surface area contributed by atoms with Crippen LogP contribution in [0.1, 0.15) is 51.6 Å². The number of hydrogen-bond acceptors (Lipinski definition) is 2. The smallest absolute Gasteiger partial charge is 0.0414 e. The van der Waals surface area contributed by atoms with E-state index in [2.05, 4.69) is 49.9 Å². The summed E-state index contributed by atoms with van der Waals surface area (Å²) in [6, 6.07) is 8.80. The van der Waals surface area contributed by atoms with Crippen molar-refractivity contribution in [1.82, 2.24) is 0 Å². The molecule has 0 saturated carbocycles. The fraction of sp³-hybridized carbons (Fsp3) is 0.625. The highest BCUT2D eigenvalue weighted by Gasteiger charge is 2.27. The van der Waals surface area contributed by atoms with Crippen LogP contribution in [0.25, 0.3) is 0 Å². The van der Waals surface area contributed by atoms with Crippen molar-refractivity contribution < 1.29 is 0 Å². The van der Waals surface area contributed by atoms with Crippen LogP contribution in [0, 0.1) is 5.41 Å². The Morgan fingerprint density at radius 2 is 2.06 bits per heavy atom. The van der Waals surface area contributed by atoms with E-state index >= 15 is 0 Å². The molecule has 1 aliphatic rings. The highest BCUT2D eigenvalue weighted by atomic mass is 15.1. The van der Waals surface area contributed by atoms with E-state index in [1.165, 1.54) is 24.1 Å². The van der Waals surface area contributed by atoms with E-state index in [-0.39, 0.29) is 6.04 Å². The average Bonchev–Trinajstić information content (AvgIpc) is 2.36. The normalized spacial score (nSPS) is 20.8. The van der Waals surface area contributed by atoms with Crippen molar-refractivity contribution in [2.24, 2.45) is 11.1 Å². The first-order valence-electron chi connectivity index (χ1n) is 7.13. The molecule has 18 heavy (non-hydrogen) atoms. The van der Waals surface area contributed by atoms with Gasteiger partial charge in [-0.05, 0) is 36.3 Å². The lowest BCUT2D eigenvalue weighted by atomic mass is 9.83. The topological polar surface area (TPSA) is 29.3 Å². The number of para-hydroxylation sites is 1. The van der Waals surface area contributed by atoms with E-state index < -0.39 is 0 Å². The van der Waals surface area contributed by atoms with Crippen molar-refractivity contribution in [3.8, 4) is 0 Å². The molecule has 0 bridgehead atoms. The molecular weight excluding hydrogens is 220 g/mol. The van der Waals surface area contributed by atoms with Gasteiger partial charge in [0.25, 0.3) is 0 Å². The zero-order chi connectivity index (χ0) is 13.2. The highest BCUT2D eigenvalue weighted by Crippen LogP contribution is 2.34. The zero-order valence-corrected chi connectivity index (χ0v) is 11.9. The van der Waals surface area contributed by atoms with Crippen molar-refractivity contribution in [3.63, 3.8) is 0 Å². The third-order valence-electron chi connectivity index (χ3n) is 4.02. The Balaban J connectivity index is 2.27. The Hall–Kier alpha value is -1.02. The second kappa shape index (κ2) is 5.31. The molecule has 2 heteroatoms. The van der Waals surface area contributed by atoms with Crippen molar-refractivity contribution in [1.29, 1.82) is 0 Å². The van der Waals surface area contributed by atoms with Crippen molar-refractivity contribution >= 4 is 5.69 Å². The molecule has 0 aliphatic carbocycles. The summed E-state index contributed by atoms with van der Waals surface area (Å²) in [6.07, 6.45) is 3.60. The largest absolute Gasteiger partial charge is 0.371 e. The second-order valence-electron chi connectivity index (χ2n) is 6.26. The van der Waals surface area contributed by atoms with E-state index in [4.69, 9.17) is 5.73 Å². The lowest BCUT2D eigenvalue weighted by Crippen LogP contribution is -2.40. The number of piperidine rings is 1. The molecule has 1 fully saturated rings. The van der Waals surface area contributed by atoms with Gasteiger partial charge in [0.05, 0.1) is 0 Å². The standard InChI is InChI=1S/C16H26N2/c1-4-14(17)13-8-5-6-9-15(13)18-11-7-10-16(2,3)12-18/h5-6,8-9,14H,4,7,10-12,17H2,1-3H3. The number of rotatable bonds is 3. The minimum Gasteiger partial charge on any atom is -0.371 e. The fourth-order valence-electron chi connectivity index (χ4n) is 2.94. The van der Waals surface area contributed by atoms with E-state index in [1.807, 2.05) is 0 Å². The SMILES string of the molecule is CCC(N)c1ccccc1N1CCCC(C)(C)C1. The molecule has 2 N–H and O–H groups in total. The Morgan fingerprint density at radius 3 is 2.72 bits per heavy atom. The summed E-state index contributed by atoms with van der Waals surface area (Å²) in [5.41, 5.74) is 9.31. The summed E-state index contributed by atoms with van der Waals surface area (Å²) in [5, 5.41) is 0. The molecule has 1 saturated heterocycles. The predicted molar refractivity (Wildman–Crippen MR) is 78.9 cm³/mol.